The average Bonchev–Trinajstić information content (AvgIpc) is 3.18. The Balaban J connectivity index is 1.55. The van der Waals surface area contributed by atoms with Gasteiger partial charge in [0, 0.05) is 31.6 Å². The average molecular weight is 308 g/mol. The van der Waals surface area contributed by atoms with E-state index in [-0.39, 0.29) is 0 Å². The minimum atomic E-state index is 0.293. The summed E-state index contributed by atoms with van der Waals surface area (Å²) in [5.74, 6) is 0.293. The summed E-state index contributed by atoms with van der Waals surface area (Å²) in [6, 6.07) is 4.55. The van der Waals surface area contributed by atoms with Gasteiger partial charge >= 0.3 is 0 Å². The maximum absolute atomic E-state index is 12.6. The lowest BCUT2D eigenvalue weighted by Gasteiger charge is -2.33. The molecule has 3 rings (SSSR count). The van der Waals surface area contributed by atoms with Crippen LogP contribution in [0.2, 0.25) is 0 Å². The number of hydrogen-bond acceptors (Lipinski definition) is 4. The van der Waals surface area contributed by atoms with Gasteiger partial charge in [-0.05, 0) is 37.1 Å². The summed E-state index contributed by atoms with van der Waals surface area (Å²) < 4.78 is 5.39. The van der Waals surface area contributed by atoms with Gasteiger partial charge in [0.1, 0.15) is 0 Å². The minimum absolute atomic E-state index is 0.293. The Morgan fingerprint density at radius 2 is 2.14 bits per heavy atom. The molecule has 5 heteroatoms. The van der Waals surface area contributed by atoms with Gasteiger partial charge in [-0.25, -0.2) is 0 Å². The van der Waals surface area contributed by atoms with Crippen LogP contribution in [0.1, 0.15) is 36.6 Å². The van der Waals surface area contributed by atoms with E-state index < -0.39 is 0 Å². The van der Waals surface area contributed by atoms with Gasteiger partial charge in [-0.3, -0.25) is 9.69 Å². The summed E-state index contributed by atoms with van der Waals surface area (Å²) in [6.07, 6.45) is 4.69. The number of amides is 1. The summed E-state index contributed by atoms with van der Waals surface area (Å²) >= 11 is 1.77. The Bertz CT molecular complexity index is 455. The van der Waals surface area contributed by atoms with Crippen molar-refractivity contribution in [1.29, 1.82) is 0 Å². The van der Waals surface area contributed by atoms with E-state index in [0.717, 1.165) is 45.3 Å². The molecule has 2 aliphatic heterocycles. The summed E-state index contributed by atoms with van der Waals surface area (Å²) in [5.41, 5.74) is 0. The Morgan fingerprint density at radius 3 is 2.81 bits per heavy atom. The number of thiophene rings is 1. The van der Waals surface area contributed by atoms with Crippen molar-refractivity contribution in [1.82, 2.24) is 9.80 Å². The molecule has 1 aromatic rings. The molecular weight excluding hydrogens is 284 g/mol. The molecule has 0 radical (unpaired) electrons. The van der Waals surface area contributed by atoms with Crippen molar-refractivity contribution in [2.75, 3.05) is 33.3 Å². The fraction of sp³-hybridized carbons (Fsp3) is 0.688. The zero-order chi connectivity index (χ0) is 14.7. The van der Waals surface area contributed by atoms with E-state index in [2.05, 4.69) is 27.3 Å². The molecule has 2 saturated heterocycles. The van der Waals surface area contributed by atoms with Crippen LogP contribution < -0.4 is 0 Å². The smallest absolute Gasteiger partial charge is 0.237 e. The number of nitrogens with zero attached hydrogens (tertiary/aromatic N) is 2. The quantitative estimate of drug-likeness (QED) is 0.857. The van der Waals surface area contributed by atoms with Crippen molar-refractivity contribution >= 4 is 17.2 Å². The second-order valence-electron chi connectivity index (χ2n) is 5.97. The van der Waals surface area contributed by atoms with Gasteiger partial charge in [-0.15, -0.1) is 11.3 Å². The van der Waals surface area contributed by atoms with Crippen molar-refractivity contribution < 1.29 is 9.53 Å². The van der Waals surface area contributed by atoms with Gasteiger partial charge in [-0.2, -0.15) is 0 Å². The highest BCUT2D eigenvalue weighted by atomic mass is 32.1. The molecule has 21 heavy (non-hydrogen) atoms. The topological polar surface area (TPSA) is 32.8 Å². The van der Waals surface area contributed by atoms with Crippen LogP contribution in [0.25, 0.3) is 0 Å². The van der Waals surface area contributed by atoms with Crippen LogP contribution in [-0.4, -0.2) is 55.1 Å². The summed E-state index contributed by atoms with van der Waals surface area (Å²) in [5, 5.41) is 2.10. The van der Waals surface area contributed by atoms with Crippen LogP contribution >= 0.6 is 11.3 Å². The number of methoxy groups -OCH3 is 1. The van der Waals surface area contributed by atoms with Crippen LogP contribution in [-0.2, 0) is 9.53 Å². The van der Waals surface area contributed by atoms with Gasteiger partial charge in [0.25, 0.3) is 0 Å². The standard InChI is InChI=1S/C16H24N2O2S/c1-20-13-6-9-17(10-7-13)12-16(19)18-8-2-4-14(18)15-5-3-11-21-15/h3,5,11,13-14H,2,4,6-10,12H2,1H3. The van der Waals surface area contributed by atoms with Gasteiger partial charge in [0.15, 0.2) is 0 Å². The van der Waals surface area contributed by atoms with Crippen molar-refractivity contribution in [3.05, 3.63) is 22.4 Å². The fourth-order valence-electron chi connectivity index (χ4n) is 3.43. The maximum Gasteiger partial charge on any atom is 0.237 e. The van der Waals surface area contributed by atoms with Crippen LogP contribution in [0.4, 0.5) is 0 Å². The molecule has 4 nitrogen and oxygen atoms in total. The molecule has 1 unspecified atom stereocenters. The molecule has 0 aromatic carbocycles. The first kappa shape index (κ1) is 15.0. The van der Waals surface area contributed by atoms with Gasteiger partial charge in [0.2, 0.25) is 5.91 Å². The SMILES string of the molecule is COC1CCN(CC(=O)N2CCCC2c2cccs2)CC1. The van der Waals surface area contributed by atoms with Crippen molar-refractivity contribution in [3.63, 3.8) is 0 Å². The molecule has 0 saturated carbocycles. The number of hydrogen-bond donors (Lipinski definition) is 0. The highest BCUT2D eigenvalue weighted by molar-refractivity contribution is 7.10. The monoisotopic (exact) mass is 308 g/mol. The summed E-state index contributed by atoms with van der Waals surface area (Å²) in [6.45, 7) is 3.43. The van der Waals surface area contributed by atoms with Gasteiger partial charge in [0.05, 0.1) is 18.7 Å². The number of carbonyl (C=O) groups is 1. The first-order valence-electron chi connectivity index (χ1n) is 7.86. The normalized spacial score (nSPS) is 24.6. The van der Waals surface area contributed by atoms with Crippen LogP contribution in [0.3, 0.4) is 0 Å². The first-order valence-corrected chi connectivity index (χ1v) is 8.74. The Labute approximate surface area is 130 Å². The Kier molecular flexibility index (Phi) is 4.93. The van der Waals surface area contributed by atoms with E-state index in [1.807, 2.05) is 0 Å². The molecule has 0 bridgehead atoms. The van der Waals surface area contributed by atoms with Crippen molar-refractivity contribution in [2.24, 2.45) is 0 Å². The third-order valence-corrected chi connectivity index (χ3v) is 5.65. The lowest BCUT2D eigenvalue weighted by atomic mass is 10.1. The molecule has 116 valence electrons. The largest absolute Gasteiger partial charge is 0.381 e. The van der Waals surface area contributed by atoms with Gasteiger partial charge < -0.3 is 9.64 Å². The highest BCUT2D eigenvalue weighted by Crippen LogP contribution is 2.34. The van der Waals surface area contributed by atoms with E-state index >= 15 is 0 Å². The predicted molar refractivity (Wildman–Crippen MR) is 84.5 cm³/mol. The summed E-state index contributed by atoms with van der Waals surface area (Å²) in [7, 11) is 1.78. The Hall–Kier alpha value is -0.910. The number of piperidine rings is 1. The molecule has 0 spiro atoms. The maximum atomic E-state index is 12.6. The van der Waals surface area contributed by atoms with E-state index in [9.17, 15) is 4.79 Å². The van der Waals surface area contributed by atoms with Crippen LogP contribution in [0.5, 0.6) is 0 Å². The van der Waals surface area contributed by atoms with E-state index in [0.29, 0.717) is 24.6 Å². The van der Waals surface area contributed by atoms with E-state index in [1.54, 1.807) is 18.4 Å². The summed E-state index contributed by atoms with van der Waals surface area (Å²) in [4.78, 5) is 18.3. The lowest BCUT2D eigenvalue weighted by Crippen LogP contribution is -2.44. The number of rotatable bonds is 4. The predicted octanol–water partition coefficient (Wildman–Crippen LogP) is 2.52. The fourth-order valence-corrected chi connectivity index (χ4v) is 4.30. The minimum Gasteiger partial charge on any atom is -0.381 e. The third kappa shape index (κ3) is 3.47. The molecular formula is C16H24N2O2S. The molecule has 2 aliphatic rings. The molecule has 0 aliphatic carbocycles. The second kappa shape index (κ2) is 6.90. The zero-order valence-electron chi connectivity index (χ0n) is 12.7. The Morgan fingerprint density at radius 1 is 1.33 bits per heavy atom. The molecule has 3 heterocycles. The van der Waals surface area contributed by atoms with Gasteiger partial charge in [-0.1, -0.05) is 6.07 Å². The molecule has 1 amide bonds. The zero-order valence-corrected chi connectivity index (χ0v) is 13.5. The molecule has 1 aromatic heterocycles. The molecule has 1 atom stereocenters. The lowest BCUT2D eigenvalue weighted by molar-refractivity contribution is -0.134. The number of ether oxygens (including phenoxy) is 1. The highest BCUT2D eigenvalue weighted by Gasteiger charge is 2.31. The third-order valence-electron chi connectivity index (χ3n) is 4.67. The molecule has 2 fully saturated rings. The van der Waals surface area contributed by atoms with E-state index in [1.165, 1.54) is 4.88 Å². The van der Waals surface area contributed by atoms with E-state index in [4.69, 9.17) is 4.74 Å². The number of carbonyl (C=O) groups excluding carboxylic acids is 1. The van der Waals surface area contributed by atoms with Crippen LogP contribution in [0, 0.1) is 0 Å². The molecule has 0 N–H and O–H groups in total. The van der Waals surface area contributed by atoms with Crippen molar-refractivity contribution in [2.45, 2.75) is 37.8 Å². The van der Waals surface area contributed by atoms with Crippen LogP contribution in [0.15, 0.2) is 17.5 Å². The van der Waals surface area contributed by atoms with Crippen molar-refractivity contribution in [3.8, 4) is 0 Å². The second-order valence-corrected chi connectivity index (χ2v) is 6.95. The first-order chi connectivity index (χ1) is 10.3. The number of likely N-dealkylation sites (tertiary alicyclic amines) is 2.